The van der Waals surface area contributed by atoms with Gasteiger partial charge in [-0.3, -0.25) is 0 Å². The van der Waals surface area contributed by atoms with E-state index in [2.05, 4.69) is 10.3 Å². The Labute approximate surface area is 128 Å². The number of hydrogen-bond acceptors (Lipinski definition) is 5. The summed E-state index contributed by atoms with van der Waals surface area (Å²) in [5.41, 5.74) is 2.16. The molecule has 0 bridgehead atoms. The minimum absolute atomic E-state index is 0.153. The Balaban J connectivity index is 1.80. The fraction of sp³-hybridized carbons (Fsp3) is 0.312. The largest absolute Gasteiger partial charge is 0.504 e. The van der Waals surface area contributed by atoms with Crippen LogP contribution in [0.3, 0.4) is 0 Å². The molecule has 0 atom stereocenters. The highest BCUT2D eigenvalue weighted by atomic mass is 32.1. The van der Waals surface area contributed by atoms with Gasteiger partial charge in [0.1, 0.15) is 10.0 Å². The van der Waals surface area contributed by atoms with Crippen LogP contribution in [0, 0.1) is 0 Å². The molecule has 5 heteroatoms. The molecule has 110 valence electrons. The molecule has 0 unspecified atom stereocenters. The van der Waals surface area contributed by atoms with Crippen LogP contribution >= 0.6 is 11.3 Å². The summed E-state index contributed by atoms with van der Waals surface area (Å²) in [5.74, 6) is 0.633. The van der Waals surface area contributed by atoms with E-state index in [1.54, 1.807) is 24.5 Å². The second kappa shape index (κ2) is 6.18. The van der Waals surface area contributed by atoms with Crippen LogP contribution in [0.4, 0.5) is 5.00 Å². The van der Waals surface area contributed by atoms with Gasteiger partial charge < -0.3 is 15.2 Å². The Morgan fingerprint density at radius 3 is 3.10 bits per heavy atom. The van der Waals surface area contributed by atoms with Crippen LogP contribution in [0.15, 0.2) is 18.2 Å². The van der Waals surface area contributed by atoms with E-state index < -0.39 is 0 Å². The number of benzene rings is 1. The van der Waals surface area contributed by atoms with Gasteiger partial charge in [0.15, 0.2) is 11.5 Å². The maximum atomic E-state index is 9.59. The Morgan fingerprint density at radius 1 is 1.33 bits per heavy atom. The first-order valence-corrected chi connectivity index (χ1v) is 7.86. The van der Waals surface area contributed by atoms with Crippen molar-refractivity contribution in [3.63, 3.8) is 0 Å². The molecule has 2 aromatic rings. The average Bonchev–Trinajstić information content (AvgIpc) is 2.76. The first-order valence-electron chi connectivity index (χ1n) is 7.05. The molecular weight excluding hydrogens is 284 g/mol. The summed E-state index contributed by atoms with van der Waals surface area (Å²) < 4.78 is 5.11. The number of anilines is 1. The SMILES string of the molecule is COc1cc(C=Cc2nc3c(s2)NCCCC3)ccc1O. The Hall–Kier alpha value is -2.01. The van der Waals surface area contributed by atoms with Crippen molar-refractivity contribution in [3.8, 4) is 11.5 Å². The lowest BCUT2D eigenvalue weighted by atomic mass is 10.2. The monoisotopic (exact) mass is 302 g/mol. The molecule has 0 saturated carbocycles. The topological polar surface area (TPSA) is 54.4 Å². The van der Waals surface area contributed by atoms with E-state index in [0.717, 1.165) is 23.5 Å². The minimum Gasteiger partial charge on any atom is -0.504 e. The van der Waals surface area contributed by atoms with Crippen LogP contribution in [0.1, 0.15) is 29.1 Å². The number of aromatic nitrogens is 1. The third kappa shape index (κ3) is 3.19. The summed E-state index contributed by atoms with van der Waals surface area (Å²) >= 11 is 1.69. The lowest BCUT2D eigenvalue weighted by Gasteiger charge is -2.03. The van der Waals surface area contributed by atoms with Crippen molar-refractivity contribution in [2.75, 3.05) is 19.0 Å². The van der Waals surface area contributed by atoms with Crippen molar-refractivity contribution in [2.24, 2.45) is 0 Å². The van der Waals surface area contributed by atoms with Gasteiger partial charge in [-0.2, -0.15) is 0 Å². The van der Waals surface area contributed by atoms with Gasteiger partial charge in [-0.1, -0.05) is 23.5 Å². The summed E-state index contributed by atoms with van der Waals surface area (Å²) in [6.07, 6.45) is 7.45. The first kappa shape index (κ1) is 13.9. The van der Waals surface area contributed by atoms with E-state index >= 15 is 0 Å². The number of aryl methyl sites for hydroxylation is 1. The molecule has 1 aromatic heterocycles. The first-order chi connectivity index (χ1) is 10.3. The zero-order valence-electron chi connectivity index (χ0n) is 11.9. The summed E-state index contributed by atoms with van der Waals surface area (Å²) in [7, 11) is 1.55. The van der Waals surface area contributed by atoms with E-state index in [1.165, 1.54) is 23.5 Å². The number of phenolic OH excluding ortho intramolecular Hbond substituents is 1. The molecule has 0 amide bonds. The number of ether oxygens (including phenoxy) is 1. The molecule has 3 rings (SSSR count). The highest BCUT2D eigenvalue weighted by molar-refractivity contribution is 7.16. The Kier molecular flexibility index (Phi) is 4.10. The van der Waals surface area contributed by atoms with Crippen LogP contribution in [-0.2, 0) is 6.42 Å². The molecule has 1 aliphatic heterocycles. The van der Waals surface area contributed by atoms with Gasteiger partial charge in [0, 0.05) is 6.54 Å². The van der Waals surface area contributed by atoms with Gasteiger partial charge in [0.25, 0.3) is 0 Å². The van der Waals surface area contributed by atoms with E-state index in [-0.39, 0.29) is 5.75 Å². The van der Waals surface area contributed by atoms with Crippen LogP contribution < -0.4 is 10.1 Å². The average molecular weight is 302 g/mol. The summed E-state index contributed by atoms with van der Waals surface area (Å²) in [5, 5.41) is 15.2. The van der Waals surface area contributed by atoms with Crippen LogP contribution in [0.2, 0.25) is 0 Å². The Bertz CT molecular complexity index is 641. The van der Waals surface area contributed by atoms with E-state index in [0.29, 0.717) is 5.75 Å². The second-order valence-corrected chi connectivity index (χ2v) is 6.01. The van der Waals surface area contributed by atoms with Crippen molar-refractivity contribution in [1.82, 2.24) is 4.98 Å². The molecule has 2 N–H and O–H groups in total. The normalized spacial score (nSPS) is 14.5. The maximum absolute atomic E-state index is 9.59. The number of hydrogen-bond donors (Lipinski definition) is 2. The van der Waals surface area contributed by atoms with Crippen molar-refractivity contribution in [1.29, 1.82) is 0 Å². The highest BCUT2D eigenvalue weighted by Crippen LogP contribution is 2.30. The van der Waals surface area contributed by atoms with Gasteiger partial charge in [-0.15, -0.1) is 0 Å². The molecule has 1 aromatic carbocycles. The predicted molar refractivity (Wildman–Crippen MR) is 87.1 cm³/mol. The molecule has 1 aliphatic rings. The molecule has 0 spiro atoms. The van der Waals surface area contributed by atoms with E-state index in [4.69, 9.17) is 4.74 Å². The molecule has 0 aliphatic carbocycles. The molecular formula is C16H18N2O2S. The van der Waals surface area contributed by atoms with Crippen molar-refractivity contribution in [3.05, 3.63) is 34.5 Å². The number of rotatable bonds is 3. The predicted octanol–water partition coefficient (Wildman–Crippen LogP) is 3.78. The van der Waals surface area contributed by atoms with Gasteiger partial charge in [0.05, 0.1) is 12.8 Å². The molecule has 4 nitrogen and oxygen atoms in total. The maximum Gasteiger partial charge on any atom is 0.161 e. The number of nitrogens with zero attached hydrogens (tertiary/aromatic N) is 1. The van der Waals surface area contributed by atoms with Crippen molar-refractivity contribution >= 4 is 28.5 Å². The summed E-state index contributed by atoms with van der Waals surface area (Å²) in [6.45, 7) is 1.04. The Morgan fingerprint density at radius 2 is 2.24 bits per heavy atom. The number of aromatic hydroxyl groups is 1. The summed E-state index contributed by atoms with van der Waals surface area (Å²) in [6, 6.07) is 5.30. The minimum atomic E-state index is 0.153. The fourth-order valence-corrected chi connectivity index (χ4v) is 3.27. The van der Waals surface area contributed by atoms with Crippen molar-refractivity contribution in [2.45, 2.75) is 19.3 Å². The number of methoxy groups -OCH3 is 1. The van der Waals surface area contributed by atoms with Gasteiger partial charge in [-0.25, -0.2) is 4.98 Å². The molecule has 21 heavy (non-hydrogen) atoms. The molecule has 0 saturated heterocycles. The van der Waals surface area contributed by atoms with Gasteiger partial charge >= 0.3 is 0 Å². The molecule has 0 radical (unpaired) electrons. The third-order valence-corrected chi connectivity index (χ3v) is 4.48. The van der Waals surface area contributed by atoms with E-state index in [1.807, 2.05) is 24.3 Å². The smallest absolute Gasteiger partial charge is 0.161 e. The van der Waals surface area contributed by atoms with Crippen LogP contribution in [0.5, 0.6) is 11.5 Å². The summed E-state index contributed by atoms with van der Waals surface area (Å²) in [4.78, 5) is 4.67. The second-order valence-electron chi connectivity index (χ2n) is 4.98. The van der Waals surface area contributed by atoms with Crippen molar-refractivity contribution < 1.29 is 9.84 Å². The molecule has 2 heterocycles. The fourth-order valence-electron chi connectivity index (χ4n) is 2.33. The van der Waals surface area contributed by atoms with Crippen LogP contribution in [0.25, 0.3) is 12.2 Å². The zero-order chi connectivity index (χ0) is 14.7. The number of phenols is 1. The van der Waals surface area contributed by atoms with E-state index in [9.17, 15) is 5.11 Å². The van der Waals surface area contributed by atoms with Gasteiger partial charge in [-0.05, 0) is 43.0 Å². The lowest BCUT2D eigenvalue weighted by molar-refractivity contribution is 0.373. The highest BCUT2D eigenvalue weighted by Gasteiger charge is 2.12. The number of thiazole rings is 1. The van der Waals surface area contributed by atoms with Gasteiger partial charge in [0.2, 0.25) is 0 Å². The zero-order valence-corrected chi connectivity index (χ0v) is 12.7. The van der Waals surface area contributed by atoms with Crippen LogP contribution in [-0.4, -0.2) is 23.7 Å². The number of fused-ring (bicyclic) bond motifs is 1. The standard InChI is InChI=1S/C16H18N2O2S/c1-20-14-10-11(5-7-13(14)19)6-8-15-18-12-4-2-3-9-17-16(12)21-15/h5-8,10,17,19H,2-4,9H2,1H3. The lowest BCUT2D eigenvalue weighted by Crippen LogP contribution is -1.96. The third-order valence-electron chi connectivity index (χ3n) is 3.46. The molecule has 0 fully saturated rings. The number of nitrogens with one attached hydrogen (secondary N) is 1. The quantitative estimate of drug-likeness (QED) is 0.906.